The van der Waals surface area contributed by atoms with Crippen LogP contribution in [0.3, 0.4) is 0 Å². The molecule has 5 heteroatoms. The maximum absolute atomic E-state index is 9.12. The molecule has 0 aliphatic rings. The average molecular weight is 256 g/mol. The lowest BCUT2D eigenvalue weighted by Crippen LogP contribution is -2.87. The van der Waals surface area contributed by atoms with Crippen molar-refractivity contribution in [1.82, 2.24) is 0 Å². The second kappa shape index (κ2) is 7.79. The van der Waals surface area contributed by atoms with E-state index >= 15 is 0 Å². The molecule has 1 rings (SSSR count). The van der Waals surface area contributed by atoms with Crippen LogP contribution in [0.1, 0.15) is 6.92 Å². The summed E-state index contributed by atoms with van der Waals surface area (Å²) >= 11 is 0. The lowest BCUT2D eigenvalue weighted by molar-refractivity contribution is -0.661. The highest BCUT2D eigenvalue weighted by atomic mass is 16.5. The number of hydrogen-bond donors (Lipinski definition) is 2. The summed E-state index contributed by atoms with van der Waals surface area (Å²) in [5, 5.41) is 11.1. The number of nitrogens with two attached hydrogens (primary N) is 1. The van der Waals surface area contributed by atoms with E-state index in [0.29, 0.717) is 30.4 Å². The molecule has 0 aliphatic carbocycles. The Balaban J connectivity index is 2.50. The molecule has 18 heavy (non-hydrogen) atoms. The molecule has 0 aliphatic heterocycles. The van der Waals surface area contributed by atoms with E-state index in [0.717, 1.165) is 6.54 Å². The maximum atomic E-state index is 9.12. The molecule has 0 bridgehead atoms. The Morgan fingerprint density at radius 2 is 1.83 bits per heavy atom. The molecule has 0 fully saturated rings. The van der Waals surface area contributed by atoms with Crippen LogP contribution < -0.4 is 19.5 Å². The van der Waals surface area contributed by atoms with Gasteiger partial charge in [-0.2, -0.15) is 0 Å². The molecule has 0 aromatic heterocycles. The van der Waals surface area contributed by atoms with E-state index in [2.05, 4.69) is 0 Å². The van der Waals surface area contributed by atoms with Crippen LogP contribution in [0.25, 0.3) is 0 Å². The van der Waals surface area contributed by atoms with Crippen molar-refractivity contribution in [2.24, 2.45) is 0 Å². The topological polar surface area (TPSA) is 64.5 Å². The SMILES string of the molecule is COc1cccc(OC)c1OCC[NH2+]C[C@H](C)O. The van der Waals surface area contributed by atoms with Crippen LogP contribution in [0.5, 0.6) is 17.2 Å². The number of hydrogen-bond acceptors (Lipinski definition) is 4. The number of aliphatic hydroxyl groups is 1. The molecule has 3 N–H and O–H groups in total. The number of aliphatic hydroxyl groups excluding tert-OH is 1. The van der Waals surface area contributed by atoms with Crippen LogP contribution in [0.4, 0.5) is 0 Å². The van der Waals surface area contributed by atoms with Gasteiger partial charge in [0, 0.05) is 0 Å². The number of methoxy groups -OCH3 is 2. The van der Waals surface area contributed by atoms with Crippen molar-refractivity contribution in [3.63, 3.8) is 0 Å². The van der Waals surface area contributed by atoms with E-state index < -0.39 is 0 Å². The van der Waals surface area contributed by atoms with E-state index in [1.54, 1.807) is 21.1 Å². The molecule has 0 amide bonds. The van der Waals surface area contributed by atoms with Gasteiger partial charge in [0.1, 0.15) is 19.7 Å². The van der Waals surface area contributed by atoms with Gasteiger partial charge in [-0.3, -0.25) is 0 Å². The van der Waals surface area contributed by atoms with Gasteiger partial charge in [-0.25, -0.2) is 0 Å². The number of rotatable bonds is 8. The second-order valence-electron chi connectivity index (χ2n) is 4.00. The molecule has 1 atom stereocenters. The summed E-state index contributed by atoms with van der Waals surface area (Å²) in [5.74, 6) is 1.93. The Morgan fingerprint density at radius 3 is 2.33 bits per heavy atom. The highest BCUT2D eigenvalue weighted by Crippen LogP contribution is 2.36. The monoisotopic (exact) mass is 256 g/mol. The molecule has 0 saturated heterocycles. The maximum Gasteiger partial charge on any atom is 0.203 e. The summed E-state index contributed by atoms with van der Waals surface area (Å²) in [6.07, 6.45) is -0.300. The quantitative estimate of drug-likeness (QED) is 0.644. The zero-order valence-corrected chi connectivity index (χ0v) is 11.2. The number of quaternary nitrogens is 1. The third-order valence-corrected chi connectivity index (χ3v) is 2.46. The van der Waals surface area contributed by atoms with Crippen LogP contribution in [0.2, 0.25) is 0 Å². The molecular weight excluding hydrogens is 234 g/mol. The summed E-state index contributed by atoms with van der Waals surface area (Å²) in [6.45, 7) is 3.74. The van der Waals surface area contributed by atoms with Crippen molar-refractivity contribution >= 4 is 0 Å². The first-order chi connectivity index (χ1) is 8.69. The van der Waals surface area contributed by atoms with Crippen molar-refractivity contribution in [1.29, 1.82) is 0 Å². The number of para-hydroxylation sites is 1. The Morgan fingerprint density at radius 1 is 1.22 bits per heavy atom. The van der Waals surface area contributed by atoms with Gasteiger partial charge in [-0.1, -0.05) is 6.07 Å². The number of benzene rings is 1. The van der Waals surface area contributed by atoms with E-state index in [4.69, 9.17) is 19.3 Å². The third-order valence-electron chi connectivity index (χ3n) is 2.46. The minimum Gasteiger partial charge on any atom is -0.493 e. The minimum absolute atomic E-state index is 0.300. The predicted molar refractivity (Wildman–Crippen MR) is 68.4 cm³/mol. The minimum atomic E-state index is -0.300. The van der Waals surface area contributed by atoms with Crippen LogP contribution >= 0.6 is 0 Å². The van der Waals surface area contributed by atoms with Gasteiger partial charge in [0.2, 0.25) is 5.75 Å². The normalized spacial score (nSPS) is 12.0. The molecule has 0 spiro atoms. The Bertz CT molecular complexity index is 333. The number of ether oxygens (including phenoxy) is 3. The zero-order chi connectivity index (χ0) is 13.4. The van der Waals surface area contributed by atoms with Crippen LogP contribution in [-0.4, -0.2) is 45.1 Å². The first-order valence-corrected chi connectivity index (χ1v) is 6.02. The van der Waals surface area contributed by atoms with Gasteiger partial charge in [0.15, 0.2) is 11.5 Å². The average Bonchev–Trinajstić information content (AvgIpc) is 2.37. The first-order valence-electron chi connectivity index (χ1n) is 6.02. The fourth-order valence-electron chi connectivity index (χ4n) is 1.56. The molecule has 102 valence electrons. The summed E-state index contributed by atoms with van der Waals surface area (Å²) in [7, 11) is 3.20. The fraction of sp³-hybridized carbons (Fsp3) is 0.538. The molecule has 0 saturated carbocycles. The van der Waals surface area contributed by atoms with E-state index in [1.807, 2.05) is 23.5 Å². The Labute approximate surface area is 108 Å². The van der Waals surface area contributed by atoms with Gasteiger partial charge in [0.25, 0.3) is 0 Å². The molecule has 0 radical (unpaired) electrons. The molecule has 1 aromatic carbocycles. The summed E-state index contributed by atoms with van der Waals surface area (Å²) < 4.78 is 16.1. The van der Waals surface area contributed by atoms with Crippen molar-refractivity contribution in [3.8, 4) is 17.2 Å². The molecular formula is C13H22NO4+. The van der Waals surface area contributed by atoms with Gasteiger partial charge in [0.05, 0.1) is 20.3 Å². The molecule has 1 aromatic rings. The standard InChI is InChI=1S/C13H21NO4/c1-10(15)9-14-7-8-18-13-11(16-2)5-4-6-12(13)17-3/h4-6,10,14-15H,7-9H2,1-3H3/p+1/t10-/m0/s1. The Hall–Kier alpha value is -1.46. The van der Waals surface area contributed by atoms with Gasteiger partial charge >= 0.3 is 0 Å². The lowest BCUT2D eigenvalue weighted by Gasteiger charge is -2.13. The smallest absolute Gasteiger partial charge is 0.203 e. The largest absolute Gasteiger partial charge is 0.493 e. The van der Waals surface area contributed by atoms with Gasteiger partial charge < -0.3 is 24.6 Å². The highest BCUT2D eigenvalue weighted by molar-refractivity contribution is 5.51. The van der Waals surface area contributed by atoms with Crippen LogP contribution in [0.15, 0.2) is 18.2 Å². The zero-order valence-electron chi connectivity index (χ0n) is 11.2. The Kier molecular flexibility index (Phi) is 6.32. The molecule has 0 unspecified atom stereocenters. The van der Waals surface area contributed by atoms with Crippen molar-refractivity contribution in [2.75, 3.05) is 33.9 Å². The third kappa shape index (κ3) is 4.43. The van der Waals surface area contributed by atoms with E-state index in [1.165, 1.54) is 0 Å². The molecule has 0 heterocycles. The van der Waals surface area contributed by atoms with Crippen molar-refractivity contribution in [2.45, 2.75) is 13.0 Å². The summed E-state index contributed by atoms with van der Waals surface area (Å²) in [6, 6.07) is 5.51. The van der Waals surface area contributed by atoms with Crippen molar-refractivity contribution < 1.29 is 24.6 Å². The fourth-order valence-corrected chi connectivity index (χ4v) is 1.56. The summed E-state index contributed by atoms with van der Waals surface area (Å²) in [4.78, 5) is 0. The van der Waals surface area contributed by atoms with Crippen LogP contribution in [0, 0.1) is 0 Å². The summed E-state index contributed by atoms with van der Waals surface area (Å²) in [5.41, 5.74) is 0. The lowest BCUT2D eigenvalue weighted by atomic mass is 10.3. The van der Waals surface area contributed by atoms with Crippen molar-refractivity contribution in [3.05, 3.63) is 18.2 Å². The first kappa shape index (κ1) is 14.6. The predicted octanol–water partition coefficient (Wildman–Crippen LogP) is 0.0268. The van der Waals surface area contributed by atoms with E-state index in [9.17, 15) is 0 Å². The molecule has 5 nitrogen and oxygen atoms in total. The highest BCUT2D eigenvalue weighted by Gasteiger charge is 2.11. The van der Waals surface area contributed by atoms with Gasteiger partial charge in [-0.15, -0.1) is 0 Å². The van der Waals surface area contributed by atoms with E-state index in [-0.39, 0.29) is 6.10 Å². The second-order valence-corrected chi connectivity index (χ2v) is 4.00. The van der Waals surface area contributed by atoms with Gasteiger partial charge in [-0.05, 0) is 19.1 Å². The van der Waals surface area contributed by atoms with Crippen LogP contribution in [-0.2, 0) is 0 Å².